The number of phenolic OH excluding ortho intramolecular Hbond substituents is 1. The second-order valence-electron chi connectivity index (χ2n) is 9.14. The molecule has 1 fully saturated rings. The van der Waals surface area contributed by atoms with Gasteiger partial charge < -0.3 is 9.84 Å². The highest BCUT2D eigenvalue weighted by Gasteiger charge is 2.38. The summed E-state index contributed by atoms with van der Waals surface area (Å²) in [7, 11) is 0. The number of carbonyl (C=O) groups is 1. The Morgan fingerprint density at radius 1 is 1.06 bits per heavy atom. The molecule has 4 nitrogen and oxygen atoms in total. The molecule has 0 radical (unpaired) electrons. The maximum atomic E-state index is 13.1. The number of hydrogen-bond acceptors (Lipinski definition) is 4. The number of likely N-dealkylation sites (tertiary alicyclic amines) is 1. The normalized spacial score (nSPS) is 21.5. The standard InChI is InChI=1S/C29H31NO3/c1-22-20-30(17-16-29(22,2)25-12-9-13-26(31)19-25)21-24(18-23-10-5-3-6-11-23)28(32)33-27-14-7-4-8-15-27/h3-15,18-19,22,31H,16-17,20-21H2,1-2H3/t22-,29+/m0/s1. The first-order chi connectivity index (χ1) is 15.9. The van der Waals surface area contributed by atoms with Crippen LogP contribution in [0.4, 0.5) is 0 Å². The number of ether oxygens (including phenoxy) is 1. The molecule has 170 valence electrons. The zero-order chi connectivity index (χ0) is 23.3. The van der Waals surface area contributed by atoms with E-state index in [2.05, 4.69) is 24.8 Å². The molecule has 0 saturated carbocycles. The van der Waals surface area contributed by atoms with Crippen LogP contribution in [-0.2, 0) is 10.2 Å². The number of esters is 1. The van der Waals surface area contributed by atoms with Gasteiger partial charge in [0, 0.05) is 13.1 Å². The number of phenols is 1. The van der Waals surface area contributed by atoms with Crippen LogP contribution in [0, 0.1) is 5.92 Å². The Balaban J connectivity index is 1.52. The molecular formula is C29H31NO3. The molecule has 1 aliphatic rings. The van der Waals surface area contributed by atoms with E-state index < -0.39 is 0 Å². The van der Waals surface area contributed by atoms with Gasteiger partial charge in [-0.25, -0.2) is 4.79 Å². The Bertz CT molecular complexity index is 1110. The lowest BCUT2D eigenvalue weighted by Gasteiger charge is -2.45. The van der Waals surface area contributed by atoms with Crippen LogP contribution in [0.2, 0.25) is 0 Å². The van der Waals surface area contributed by atoms with Crippen LogP contribution in [-0.4, -0.2) is 35.6 Å². The van der Waals surface area contributed by atoms with Crippen LogP contribution < -0.4 is 4.74 Å². The summed E-state index contributed by atoms with van der Waals surface area (Å²) in [5.74, 6) is 0.889. The number of carbonyl (C=O) groups excluding carboxylic acids is 1. The number of benzene rings is 3. The van der Waals surface area contributed by atoms with Gasteiger partial charge in [-0.1, -0.05) is 74.5 Å². The van der Waals surface area contributed by atoms with Crippen molar-refractivity contribution in [1.82, 2.24) is 4.90 Å². The van der Waals surface area contributed by atoms with E-state index in [4.69, 9.17) is 4.74 Å². The van der Waals surface area contributed by atoms with Crippen LogP contribution in [0.15, 0.2) is 90.5 Å². The van der Waals surface area contributed by atoms with E-state index >= 15 is 0 Å². The minimum atomic E-state index is -0.320. The molecule has 33 heavy (non-hydrogen) atoms. The highest BCUT2D eigenvalue weighted by molar-refractivity contribution is 5.95. The molecule has 2 atom stereocenters. The van der Waals surface area contributed by atoms with Gasteiger partial charge in [0.1, 0.15) is 11.5 Å². The third-order valence-corrected chi connectivity index (χ3v) is 6.82. The van der Waals surface area contributed by atoms with Crippen molar-refractivity contribution in [1.29, 1.82) is 0 Å². The molecule has 4 rings (SSSR count). The molecule has 0 spiro atoms. The number of aromatic hydroxyl groups is 1. The quantitative estimate of drug-likeness (QED) is 0.304. The van der Waals surface area contributed by atoms with Crippen molar-refractivity contribution < 1.29 is 14.6 Å². The van der Waals surface area contributed by atoms with E-state index in [1.165, 1.54) is 0 Å². The van der Waals surface area contributed by atoms with Crippen LogP contribution in [0.25, 0.3) is 6.08 Å². The Labute approximate surface area is 196 Å². The predicted molar refractivity (Wildman–Crippen MR) is 132 cm³/mol. The minimum absolute atomic E-state index is 0.0247. The molecule has 0 aliphatic carbocycles. The second-order valence-corrected chi connectivity index (χ2v) is 9.14. The molecule has 3 aromatic carbocycles. The summed E-state index contributed by atoms with van der Waals surface area (Å²) in [5.41, 5.74) is 2.76. The summed E-state index contributed by atoms with van der Waals surface area (Å²) in [6.07, 6.45) is 2.88. The van der Waals surface area contributed by atoms with E-state index in [1.807, 2.05) is 66.7 Å². The average Bonchev–Trinajstić information content (AvgIpc) is 2.82. The molecule has 0 amide bonds. The van der Waals surface area contributed by atoms with Gasteiger partial charge in [-0.05, 0) is 65.8 Å². The van der Waals surface area contributed by atoms with Gasteiger partial charge in [0.2, 0.25) is 0 Å². The van der Waals surface area contributed by atoms with E-state index in [-0.39, 0.29) is 11.4 Å². The Morgan fingerprint density at radius 2 is 1.76 bits per heavy atom. The number of hydrogen-bond donors (Lipinski definition) is 1. The van der Waals surface area contributed by atoms with Gasteiger partial charge in [0.05, 0.1) is 5.57 Å². The first-order valence-corrected chi connectivity index (χ1v) is 11.5. The van der Waals surface area contributed by atoms with E-state index in [1.54, 1.807) is 18.2 Å². The third kappa shape index (κ3) is 5.52. The van der Waals surface area contributed by atoms with Gasteiger partial charge in [-0.3, -0.25) is 4.90 Å². The van der Waals surface area contributed by atoms with Crippen LogP contribution in [0.3, 0.4) is 0 Å². The Kier molecular flexibility index (Phi) is 6.95. The van der Waals surface area contributed by atoms with Gasteiger partial charge in [0.25, 0.3) is 0 Å². The zero-order valence-corrected chi connectivity index (χ0v) is 19.3. The Morgan fingerprint density at radius 3 is 2.42 bits per heavy atom. The fourth-order valence-corrected chi connectivity index (χ4v) is 4.57. The summed E-state index contributed by atoms with van der Waals surface area (Å²) >= 11 is 0. The fraction of sp³-hybridized carbons (Fsp3) is 0.276. The van der Waals surface area contributed by atoms with Gasteiger partial charge in [-0.2, -0.15) is 0 Å². The predicted octanol–water partition coefficient (Wildman–Crippen LogP) is 5.68. The highest BCUT2D eigenvalue weighted by atomic mass is 16.5. The summed E-state index contributed by atoms with van der Waals surface area (Å²) in [6, 6.07) is 26.7. The number of rotatable bonds is 6. The second kappa shape index (κ2) is 10.1. The average molecular weight is 442 g/mol. The Hall–Kier alpha value is -3.37. The first kappa shape index (κ1) is 22.8. The maximum Gasteiger partial charge on any atom is 0.340 e. The van der Waals surface area contributed by atoms with Gasteiger partial charge in [-0.15, -0.1) is 0 Å². The van der Waals surface area contributed by atoms with Crippen molar-refractivity contribution in [2.75, 3.05) is 19.6 Å². The zero-order valence-electron chi connectivity index (χ0n) is 19.3. The van der Waals surface area contributed by atoms with E-state index in [0.717, 1.165) is 30.6 Å². The lowest BCUT2D eigenvalue weighted by molar-refractivity contribution is -0.130. The van der Waals surface area contributed by atoms with Crippen molar-refractivity contribution in [2.45, 2.75) is 25.7 Å². The number of para-hydroxylation sites is 1. The summed E-state index contributed by atoms with van der Waals surface area (Å²) in [6.45, 7) is 6.77. The molecule has 0 unspecified atom stereocenters. The molecular weight excluding hydrogens is 410 g/mol. The van der Waals surface area contributed by atoms with Crippen molar-refractivity contribution in [3.05, 3.63) is 102 Å². The van der Waals surface area contributed by atoms with E-state index in [0.29, 0.717) is 29.5 Å². The molecule has 0 bridgehead atoms. The topological polar surface area (TPSA) is 49.8 Å². The SMILES string of the molecule is C[C@H]1CN(CC(=Cc2ccccc2)C(=O)Oc2ccccc2)CC[C@@]1(C)c1cccc(O)c1. The van der Waals surface area contributed by atoms with Crippen LogP contribution in [0.1, 0.15) is 31.4 Å². The van der Waals surface area contributed by atoms with Crippen LogP contribution >= 0.6 is 0 Å². The van der Waals surface area contributed by atoms with Crippen molar-refractivity contribution in [3.63, 3.8) is 0 Å². The molecule has 1 N–H and O–H groups in total. The third-order valence-electron chi connectivity index (χ3n) is 6.82. The highest BCUT2D eigenvalue weighted by Crippen LogP contribution is 2.40. The van der Waals surface area contributed by atoms with Gasteiger partial charge in [0.15, 0.2) is 0 Å². The molecule has 3 aromatic rings. The first-order valence-electron chi connectivity index (χ1n) is 11.5. The lowest BCUT2D eigenvalue weighted by atomic mass is 9.68. The molecule has 1 saturated heterocycles. The largest absolute Gasteiger partial charge is 0.508 e. The summed E-state index contributed by atoms with van der Waals surface area (Å²) < 4.78 is 5.68. The van der Waals surface area contributed by atoms with Gasteiger partial charge >= 0.3 is 5.97 Å². The van der Waals surface area contributed by atoms with Crippen molar-refractivity contribution in [3.8, 4) is 11.5 Å². The monoisotopic (exact) mass is 441 g/mol. The number of nitrogens with zero attached hydrogens (tertiary/aromatic N) is 1. The molecule has 4 heteroatoms. The minimum Gasteiger partial charge on any atom is -0.508 e. The van der Waals surface area contributed by atoms with E-state index in [9.17, 15) is 9.90 Å². The lowest BCUT2D eigenvalue weighted by Crippen LogP contribution is -2.48. The molecule has 0 aromatic heterocycles. The molecule has 1 heterocycles. The number of piperidine rings is 1. The van der Waals surface area contributed by atoms with Crippen LogP contribution in [0.5, 0.6) is 11.5 Å². The smallest absolute Gasteiger partial charge is 0.340 e. The van der Waals surface area contributed by atoms with Crippen molar-refractivity contribution in [2.24, 2.45) is 5.92 Å². The fourth-order valence-electron chi connectivity index (χ4n) is 4.57. The maximum absolute atomic E-state index is 13.1. The molecule has 1 aliphatic heterocycles. The van der Waals surface area contributed by atoms with Crippen molar-refractivity contribution >= 4 is 12.0 Å². The summed E-state index contributed by atoms with van der Waals surface area (Å²) in [4.78, 5) is 15.4. The summed E-state index contributed by atoms with van der Waals surface area (Å²) in [5, 5.41) is 9.97.